The van der Waals surface area contributed by atoms with Crippen molar-refractivity contribution < 1.29 is 19.0 Å². The van der Waals surface area contributed by atoms with Gasteiger partial charge in [-0.3, -0.25) is 4.79 Å². The van der Waals surface area contributed by atoms with Crippen molar-refractivity contribution in [1.29, 1.82) is 0 Å². The van der Waals surface area contributed by atoms with E-state index in [4.69, 9.17) is 25.8 Å². The largest absolute Gasteiger partial charge is 0.490 e. The highest BCUT2D eigenvalue weighted by Gasteiger charge is 2.12. The number of hydrogen-bond donors (Lipinski definition) is 1. The topological polar surface area (TPSA) is 69.2 Å². The molecule has 0 aliphatic rings. The van der Waals surface area contributed by atoms with Gasteiger partial charge in [-0.05, 0) is 48.9 Å². The molecule has 188 valence electrons. The normalized spacial score (nSPS) is 10.8. The zero-order valence-electron chi connectivity index (χ0n) is 20.4. The highest BCUT2D eigenvalue weighted by Crippen LogP contribution is 2.29. The van der Waals surface area contributed by atoms with Gasteiger partial charge in [0.15, 0.2) is 11.5 Å². The molecule has 37 heavy (non-hydrogen) atoms. The van der Waals surface area contributed by atoms with Gasteiger partial charge in [-0.1, -0.05) is 72.3 Å². The molecule has 0 radical (unpaired) electrons. The number of nitrogens with zero attached hydrogens (tertiary/aromatic N) is 1. The SMILES string of the molecule is CCOc1cc(C(=O)N/N=C/c2ccccc2OCc2ccccc2Cl)ccc1OCc1ccccc1. The minimum atomic E-state index is -0.374. The lowest BCUT2D eigenvalue weighted by Crippen LogP contribution is -2.18. The van der Waals surface area contributed by atoms with Crippen molar-refractivity contribution in [3.8, 4) is 17.2 Å². The maximum atomic E-state index is 12.7. The Hall–Kier alpha value is -4.29. The number of carbonyl (C=O) groups is 1. The van der Waals surface area contributed by atoms with Crippen molar-refractivity contribution in [2.75, 3.05) is 6.61 Å². The zero-order valence-corrected chi connectivity index (χ0v) is 21.2. The van der Waals surface area contributed by atoms with E-state index in [0.717, 1.165) is 16.7 Å². The van der Waals surface area contributed by atoms with E-state index >= 15 is 0 Å². The lowest BCUT2D eigenvalue weighted by atomic mass is 10.2. The maximum Gasteiger partial charge on any atom is 0.271 e. The van der Waals surface area contributed by atoms with Crippen molar-refractivity contribution in [1.82, 2.24) is 5.43 Å². The Balaban J connectivity index is 1.39. The molecule has 1 N–H and O–H groups in total. The van der Waals surface area contributed by atoms with Gasteiger partial charge in [-0.15, -0.1) is 0 Å². The Bertz CT molecular complexity index is 1360. The van der Waals surface area contributed by atoms with Gasteiger partial charge < -0.3 is 14.2 Å². The van der Waals surface area contributed by atoms with Crippen LogP contribution in [0.2, 0.25) is 5.02 Å². The predicted molar refractivity (Wildman–Crippen MR) is 146 cm³/mol. The van der Waals surface area contributed by atoms with E-state index in [0.29, 0.717) is 47.7 Å². The number of hydrogen-bond acceptors (Lipinski definition) is 5. The number of rotatable bonds is 11. The first-order chi connectivity index (χ1) is 18.1. The molecule has 0 aliphatic carbocycles. The second-order valence-corrected chi connectivity index (χ2v) is 8.39. The molecular formula is C30H27ClN2O4. The summed E-state index contributed by atoms with van der Waals surface area (Å²) < 4.78 is 17.6. The third-order valence-electron chi connectivity index (χ3n) is 5.37. The van der Waals surface area contributed by atoms with Gasteiger partial charge in [-0.2, -0.15) is 5.10 Å². The summed E-state index contributed by atoms with van der Waals surface area (Å²) in [6, 6.07) is 29.8. The summed E-state index contributed by atoms with van der Waals surface area (Å²) in [6.07, 6.45) is 1.54. The lowest BCUT2D eigenvalue weighted by Gasteiger charge is -2.13. The average Bonchev–Trinajstić information content (AvgIpc) is 2.93. The molecule has 0 atom stereocenters. The summed E-state index contributed by atoms with van der Waals surface area (Å²) in [7, 11) is 0. The summed E-state index contributed by atoms with van der Waals surface area (Å²) in [5.41, 5.74) is 5.60. The average molecular weight is 515 g/mol. The molecule has 4 aromatic carbocycles. The number of carbonyl (C=O) groups excluding carboxylic acids is 1. The van der Waals surface area contributed by atoms with Crippen molar-refractivity contribution in [3.05, 3.63) is 124 Å². The summed E-state index contributed by atoms with van der Waals surface area (Å²) in [5.74, 6) is 1.31. The molecule has 0 bridgehead atoms. The van der Waals surface area contributed by atoms with Gasteiger partial charge in [-0.25, -0.2) is 5.43 Å². The van der Waals surface area contributed by atoms with Crippen LogP contribution in [0, 0.1) is 0 Å². The van der Waals surface area contributed by atoms with Gasteiger partial charge in [0.1, 0.15) is 19.0 Å². The molecule has 1 amide bonds. The smallest absolute Gasteiger partial charge is 0.271 e. The standard InChI is InChI=1S/C30H27ClN2O4/c1-2-35-29-18-23(16-17-28(29)36-20-22-10-4-3-5-11-22)30(34)33-32-19-24-12-7-9-15-27(24)37-21-25-13-6-8-14-26(25)31/h3-19H,2,20-21H2,1H3,(H,33,34)/b32-19+. The lowest BCUT2D eigenvalue weighted by molar-refractivity contribution is 0.0954. The molecule has 0 aliphatic heterocycles. The van der Waals surface area contributed by atoms with E-state index in [1.54, 1.807) is 24.4 Å². The van der Waals surface area contributed by atoms with Crippen LogP contribution in [0.5, 0.6) is 17.2 Å². The number of hydrazone groups is 1. The van der Waals surface area contributed by atoms with Crippen molar-refractivity contribution in [3.63, 3.8) is 0 Å². The van der Waals surface area contributed by atoms with E-state index < -0.39 is 0 Å². The van der Waals surface area contributed by atoms with E-state index in [1.165, 1.54) is 0 Å². The minimum absolute atomic E-state index is 0.315. The number of ether oxygens (including phenoxy) is 3. The third kappa shape index (κ3) is 7.35. The first-order valence-corrected chi connectivity index (χ1v) is 12.2. The molecule has 6 nitrogen and oxygen atoms in total. The summed E-state index contributed by atoms with van der Waals surface area (Å²) in [4.78, 5) is 12.7. The van der Waals surface area contributed by atoms with Crippen molar-refractivity contribution in [2.24, 2.45) is 5.10 Å². The molecule has 7 heteroatoms. The molecule has 0 aromatic heterocycles. The summed E-state index contributed by atoms with van der Waals surface area (Å²) in [6.45, 7) is 3.03. The summed E-state index contributed by atoms with van der Waals surface area (Å²) in [5, 5.41) is 4.76. The molecule has 0 heterocycles. The van der Waals surface area contributed by atoms with Gasteiger partial charge in [0.2, 0.25) is 0 Å². The van der Waals surface area contributed by atoms with Crippen LogP contribution in [0.3, 0.4) is 0 Å². The number of nitrogens with one attached hydrogen (secondary N) is 1. The molecule has 0 saturated carbocycles. The Kier molecular flexibility index (Phi) is 9.16. The van der Waals surface area contributed by atoms with Crippen LogP contribution in [0.15, 0.2) is 102 Å². The van der Waals surface area contributed by atoms with Gasteiger partial charge >= 0.3 is 0 Å². The first kappa shape index (κ1) is 25.8. The van der Waals surface area contributed by atoms with Gasteiger partial charge in [0, 0.05) is 21.7 Å². The second-order valence-electron chi connectivity index (χ2n) is 7.99. The number of benzene rings is 4. The molecule has 0 saturated heterocycles. The predicted octanol–water partition coefficient (Wildman–Crippen LogP) is 6.66. The minimum Gasteiger partial charge on any atom is -0.490 e. The van der Waals surface area contributed by atoms with E-state index in [2.05, 4.69) is 10.5 Å². The fraction of sp³-hybridized carbons (Fsp3) is 0.133. The van der Waals surface area contributed by atoms with Crippen LogP contribution >= 0.6 is 11.6 Å². The highest BCUT2D eigenvalue weighted by atomic mass is 35.5. The van der Waals surface area contributed by atoms with E-state index in [9.17, 15) is 4.79 Å². The van der Waals surface area contributed by atoms with Crippen LogP contribution < -0.4 is 19.6 Å². The maximum absolute atomic E-state index is 12.7. The quantitative estimate of drug-likeness (QED) is 0.179. The number of halogens is 1. The molecule has 0 fully saturated rings. The van der Waals surface area contributed by atoms with Gasteiger partial charge in [0.05, 0.1) is 12.8 Å². The second kappa shape index (κ2) is 13.1. The Morgan fingerprint density at radius 2 is 1.54 bits per heavy atom. The van der Waals surface area contributed by atoms with Gasteiger partial charge in [0.25, 0.3) is 5.91 Å². The number of para-hydroxylation sites is 1. The molecule has 4 aromatic rings. The summed E-state index contributed by atoms with van der Waals surface area (Å²) >= 11 is 6.22. The van der Waals surface area contributed by atoms with E-state index in [1.807, 2.05) is 85.8 Å². The molecular weight excluding hydrogens is 488 g/mol. The fourth-order valence-corrected chi connectivity index (χ4v) is 3.68. The Morgan fingerprint density at radius 3 is 2.35 bits per heavy atom. The Morgan fingerprint density at radius 1 is 0.811 bits per heavy atom. The first-order valence-electron chi connectivity index (χ1n) is 11.9. The number of amides is 1. The van der Waals surface area contributed by atoms with Crippen LogP contribution in [0.1, 0.15) is 34.0 Å². The molecule has 0 unspecified atom stereocenters. The van der Waals surface area contributed by atoms with Crippen LogP contribution in [-0.4, -0.2) is 18.7 Å². The van der Waals surface area contributed by atoms with Crippen molar-refractivity contribution in [2.45, 2.75) is 20.1 Å². The van der Waals surface area contributed by atoms with Crippen LogP contribution in [0.4, 0.5) is 0 Å². The van der Waals surface area contributed by atoms with Crippen LogP contribution in [0.25, 0.3) is 0 Å². The van der Waals surface area contributed by atoms with E-state index in [-0.39, 0.29) is 5.91 Å². The fourth-order valence-electron chi connectivity index (χ4n) is 3.49. The van der Waals surface area contributed by atoms with Crippen LogP contribution in [-0.2, 0) is 13.2 Å². The molecule has 0 spiro atoms. The monoisotopic (exact) mass is 514 g/mol. The van der Waals surface area contributed by atoms with Crippen molar-refractivity contribution >= 4 is 23.7 Å². The third-order valence-corrected chi connectivity index (χ3v) is 5.74. The highest BCUT2D eigenvalue weighted by molar-refractivity contribution is 6.31. The molecule has 4 rings (SSSR count). The zero-order chi connectivity index (χ0) is 25.9. The Labute approximate surface area is 221 Å².